The molecule has 7 heteroatoms. The van der Waals surface area contributed by atoms with E-state index in [2.05, 4.69) is 4.98 Å². The molecule has 25 heavy (non-hydrogen) atoms. The van der Waals surface area contributed by atoms with Crippen LogP contribution in [0.4, 0.5) is 10.1 Å². The largest absolute Gasteiger partial charge is 0.305 e. The van der Waals surface area contributed by atoms with Crippen molar-refractivity contribution in [2.24, 2.45) is 0 Å². The maximum Gasteiger partial charge on any atom is 0.270 e. The van der Waals surface area contributed by atoms with Crippen molar-refractivity contribution in [2.45, 2.75) is 12.8 Å². The Labute approximate surface area is 147 Å². The van der Waals surface area contributed by atoms with E-state index in [-0.39, 0.29) is 11.3 Å². The number of halogens is 2. The van der Waals surface area contributed by atoms with Crippen molar-refractivity contribution in [3.63, 3.8) is 0 Å². The van der Waals surface area contributed by atoms with Crippen LogP contribution in [0.1, 0.15) is 22.3 Å². The van der Waals surface area contributed by atoms with Crippen LogP contribution >= 0.6 is 11.6 Å². The first-order chi connectivity index (χ1) is 12.1. The van der Waals surface area contributed by atoms with Crippen LogP contribution in [0.5, 0.6) is 0 Å². The van der Waals surface area contributed by atoms with E-state index in [9.17, 15) is 14.0 Å². The first kappa shape index (κ1) is 15.8. The number of hydrogen-bond acceptors (Lipinski definition) is 3. The van der Waals surface area contributed by atoms with Crippen LogP contribution in [0.3, 0.4) is 0 Å². The summed E-state index contributed by atoms with van der Waals surface area (Å²) in [4.78, 5) is 31.0. The molecule has 1 aromatic carbocycles. The average molecular weight is 358 g/mol. The predicted molar refractivity (Wildman–Crippen MR) is 92.9 cm³/mol. The van der Waals surface area contributed by atoms with Crippen molar-refractivity contribution >= 4 is 28.8 Å². The number of fused-ring (bicyclic) bond motifs is 2. The zero-order chi connectivity index (χ0) is 17.6. The van der Waals surface area contributed by atoms with E-state index in [0.29, 0.717) is 35.6 Å². The number of hydrogen-bond donors (Lipinski definition) is 0. The Hall–Kier alpha value is -2.73. The molecule has 0 spiro atoms. The van der Waals surface area contributed by atoms with E-state index < -0.39 is 17.3 Å². The molecule has 0 radical (unpaired) electrons. The van der Waals surface area contributed by atoms with E-state index in [4.69, 9.17) is 11.6 Å². The van der Waals surface area contributed by atoms with Crippen molar-refractivity contribution in [2.75, 3.05) is 11.4 Å². The van der Waals surface area contributed by atoms with Gasteiger partial charge in [0.2, 0.25) is 0 Å². The minimum absolute atomic E-state index is 0.101. The molecule has 3 heterocycles. The van der Waals surface area contributed by atoms with Gasteiger partial charge in [-0.05, 0) is 42.7 Å². The highest BCUT2D eigenvalue weighted by Gasteiger charge is 2.29. The summed E-state index contributed by atoms with van der Waals surface area (Å²) in [7, 11) is 0. The minimum atomic E-state index is -0.571. The number of nitrogens with zero attached hydrogens (tertiary/aromatic N) is 3. The third-order valence-corrected chi connectivity index (χ3v) is 4.70. The Bertz CT molecular complexity index is 1060. The quantitative estimate of drug-likeness (QED) is 0.672. The molecular formula is C18H13ClFN3O2. The Kier molecular flexibility index (Phi) is 3.77. The second-order valence-electron chi connectivity index (χ2n) is 5.82. The van der Waals surface area contributed by atoms with Gasteiger partial charge in [0, 0.05) is 24.0 Å². The van der Waals surface area contributed by atoms with Crippen LogP contribution in [0.2, 0.25) is 5.02 Å². The maximum atomic E-state index is 14.4. The molecule has 0 saturated heterocycles. The second kappa shape index (κ2) is 5.97. The van der Waals surface area contributed by atoms with E-state index in [1.807, 2.05) is 0 Å². The number of carbonyl (C=O) groups is 1. The fraction of sp³-hybridized carbons (Fsp3) is 0.167. The zero-order valence-electron chi connectivity index (χ0n) is 13.1. The first-order valence-electron chi connectivity index (χ1n) is 7.83. The molecule has 5 nitrogen and oxygen atoms in total. The van der Waals surface area contributed by atoms with Gasteiger partial charge in [0.05, 0.1) is 5.69 Å². The fourth-order valence-corrected chi connectivity index (χ4v) is 3.41. The molecule has 0 unspecified atom stereocenters. The molecule has 0 N–H and O–H groups in total. The van der Waals surface area contributed by atoms with E-state index in [1.165, 1.54) is 27.6 Å². The standard InChI is InChI=1S/C18H13ClFN3O2/c19-13-6-7-14(20)16-11(13)4-3-9-23(16)18(25)12-10-21-15-5-1-2-8-22(15)17(12)24/h1-2,5-8,10H,3-4,9H2. The molecule has 2 aromatic heterocycles. The first-order valence-corrected chi connectivity index (χ1v) is 8.21. The van der Waals surface area contributed by atoms with Crippen LogP contribution in [0, 0.1) is 5.82 Å². The Morgan fingerprint density at radius 1 is 1.24 bits per heavy atom. The summed E-state index contributed by atoms with van der Waals surface area (Å²) in [5.74, 6) is -1.10. The van der Waals surface area contributed by atoms with Gasteiger partial charge in [-0.15, -0.1) is 0 Å². The summed E-state index contributed by atoms with van der Waals surface area (Å²) < 4.78 is 15.7. The van der Waals surface area contributed by atoms with Gasteiger partial charge in [0.25, 0.3) is 11.5 Å². The van der Waals surface area contributed by atoms with Crippen LogP contribution in [-0.4, -0.2) is 21.8 Å². The minimum Gasteiger partial charge on any atom is -0.305 e. The third-order valence-electron chi connectivity index (χ3n) is 4.34. The van der Waals surface area contributed by atoms with E-state index >= 15 is 0 Å². The molecule has 1 amide bonds. The highest BCUT2D eigenvalue weighted by atomic mass is 35.5. The number of amides is 1. The molecule has 1 aliphatic rings. The number of pyridine rings is 1. The highest BCUT2D eigenvalue weighted by molar-refractivity contribution is 6.32. The van der Waals surface area contributed by atoms with E-state index in [1.54, 1.807) is 24.4 Å². The SMILES string of the molecule is O=C(c1cnc2ccccn2c1=O)N1CCCc2c(Cl)ccc(F)c21. The molecule has 0 saturated carbocycles. The summed E-state index contributed by atoms with van der Waals surface area (Å²) in [5, 5.41) is 0.419. The van der Waals surface area contributed by atoms with Crippen molar-refractivity contribution in [3.8, 4) is 0 Å². The normalized spacial score (nSPS) is 13.8. The van der Waals surface area contributed by atoms with Crippen LogP contribution < -0.4 is 10.5 Å². The highest BCUT2D eigenvalue weighted by Crippen LogP contribution is 2.35. The topological polar surface area (TPSA) is 54.7 Å². The van der Waals surface area contributed by atoms with Crippen LogP contribution in [0.15, 0.2) is 47.5 Å². The number of aromatic nitrogens is 2. The van der Waals surface area contributed by atoms with Gasteiger partial charge in [-0.1, -0.05) is 17.7 Å². The van der Waals surface area contributed by atoms with Gasteiger partial charge in [-0.2, -0.15) is 0 Å². The smallest absolute Gasteiger partial charge is 0.270 e. The molecule has 3 aromatic rings. The van der Waals surface area contributed by atoms with Gasteiger partial charge in [-0.3, -0.25) is 14.0 Å². The molecular weight excluding hydrogens is 345 g/mol. The predicted octanol–water partition coefficient (Wildman–Crippen LogP) is 3.08. The van der Waals surface area contributed by atoms with Crippen molar-refractivity contribution < 1.29 is 9.18 Å². The van der Waals surface area contributed by atoms with Gasteiger partial charge in [-0.25, -0.2) is 9.37 Å². The lowest BCUT2D eigenvalue weighted by Crippen LogP contribution is -2.39. The Morgan fingerprint density at radius 3 is 2.92 bits per heavy atom. The average Bonchev–Trinajstić information content (AvgIpc) is 2.64. The van der Waals surface area contributed by atoms with Crippen molar-refractivity contribution in [3.05, 3.63) is 75.0 Å². The second-order valence-corrected chi connectivity index (χ2v) is 6.23. The summed E-state index contributed by atoms with van der Waals surface area (Å²) >= 11 is 6.16. The molecule has 0 fully saturated rings. The summed E-state index contributed by atoms with van der Waals surface area (Å²) in [6, 6.07) is 7.82. The molecule has 0 aliphatic carbocycles. The maximum absolute atomic E-state index is 14.4. The molecule has 126 valence electrons. The van der Waals surface area contributed by atoms with Gasteiger partial charge in [0.1, 0.15) is 17.0 Å². The molecule has 1 aliphatic heterocycles. The van der Waals surface area contributed by atoms with Gasteiger partial charge < -0.3 is 4.90 Å². The summed E-state index contributed by atoms with van der Waals surface area (Å²) in [5.41, 5.74) is 0.606. The monoisotopic (exact) mass is 357 g/mol. The lowest BCUT2D eigenvalue weighted by molar-refractivity contribution is 0.0982. The number of anilines is 1. The van der Waals surface area contributed by atoms with Crippen LogP contribution in [0.25, 0.3) is 5.65 Å². The Morgan fingerprint density at radius 2 is 2.08 bits per heavy atom. The Balaban J connectivity index is 1.86. The number of rotatable bonds is 1. The van der Waals surface area contributed by atoms with Crippen LogP contribution in [-0.2, 0) is 6.42 Å². The molecule has 0 bridgehead atoms. The summed E-state index contributed by atoms with van der Waals surface area (Å²) in [6.45, 7) is 0.319. The zero-order valence-corrected chi connectivity index (χ0v) is 13.8. The summed E-state index contributed by atoms with van der Waals surface area (Å²) in [6.07, 6.45) is 4.02. The lowest BCUT2D eigenvalue weighted by Gasteiger charge is -2.30. The lowest BCUT2D eigenvalue weighted by atomic mass is 10.0. The van der Waals surface area contributed by atoms with Gasteiger partial charge in [0.15, 0.2) is 0 Å². The van der Waals surface area contributed by atoms with Crippen molar-refractivity contribution in [1.82, 2.24) is 9.38 Å². The van der Waals surface area contributed by atoms with Gasteiger partial charge >= 0.3 is 0 Å². The third kappa shape index (κ3) is 2.49. The molecule has 4 rings (SSSR count). The molecule has 0 atom stereocenters. The number of carbonyl (C=O) groups excluding carboxylic acids is 1. The van der Waals surface area contributed by atoms with Crippen molar-refractivity contribution in [1.29, 1.82) is 0 Å². The van der Waals surface area contributed by atoms with E-state index in [0.717, 1.165) is 0 Å². The fourth-order valence-electron chi connectivity index (χ4n) is 3.16. The number of benzene rings is 1.